The normalized spacial score (nSPS) is 32.2. The Balaban J connectivity index is 1.56. The third-order valence-corrected chi connectivity index (χ3v) is 9.15. The largest absolute Gasteiger partial charge is 0.504 e. The third kappa shape index (κ3) is 3.09. The molecule has 2 aliphatic heterocycles. The quantitative estimate of drug-likeness (QED) is 0.493. The monoisotopic (exact) mass is 514 g/mol. The first kappa shape index (κ1) is 24.4. The summed E-state index contributed by atoms with van der Waals surface area (Å²) in [5, 5.41) is 11.4. The number of aromatic hydroxyl groups is 1. The molecule has 8 heteroatoms. The van der Waals surface area contributed by atoms with Crippen molar-refractivity contribution in [2.24, 2.45) is 29.1 Å². The molecule has 2 aromatic carbocycles. The summed E-state index contributed by atoms with van der Waals surface area (Å²) in [6.07, 6.45) is 2.63. The Morgan fingerprint density at radius 3 is 2.42 bits per heavy atom. The van der Waals surface area contributed by atoms with Crippen molar-refractivity contribution in [2.75, 3.05) is 18.6 Å². The molecule has 38 heavy (non-hydrogen) atoms. The van der Waals surface area contributed by atoms with Gasteiger partial charge in [-0.3, -0.25) is 24.1 Å². The number of carbonyl (C=O) groups is 4. The molecule has 8 nitrogen and oxygen atoms in total. The van der Waals surface area contributed by atoms with Gasteiger partial charge in [0.25, 0.3) is 0 Å². The number of nitrogens with zero attached hydrogens (tertiary/aromatic N) is 2. The van der Waals surface area contributed by atoms with Crippen molar-refractivity contribution in [3.63, 3.8) is 0 Å². The van der Waals surface area contributed by atoms with Crippen molar-refractivity contribution in [3.8, 4) is 11.5 Å². The fraction of sp³-hybridized carbons (Fsp3) is 0.400. The molecule has 2 saturated heterocycles. The minimum atomic E-state index is -1.21. The van der Waals surface area contributed by atoms with Crippen LogP contribution in [0.25, 0.3) is 0 Å². The van der Waals surface area contributed by atoms with E-state index in [0.29, 0.717) is 30.0 Å². The number of anilines is 1. The number of allylic oxidation sites excluding steroid dienone is 2. The summed E-state index contributed by atoms with van der Waals surface area (Å²) in [5.41, 5.74) is 0.605. The van der Waals surface area contributed by atoms with Gasteiger partial charge in [-0.2, -0.15) is 0 Å². The lowest BCUT2D eigenvalue weighted by Gasteiger charge is -2.49. The van der Waals surface area contributed by atoms with E-state index in [-0.39, 0.29) is 35.8 Å². The van der Waals surface area contributed by atoms with Crippen LogP contribution in [0, 0.1) is 29.1 Å². The molecule has 3 fully saturated rings. The number of rotatable bonds is 4. The van der Waals surface area contributed by atoms with Crippen molar-refractivity contribution in [1.29, 1.82) is 0 Å². The van der Waals surface area contributed by atoms with Crippen LogP contribution in [-0.2, 0) is 19.2 Å². The lowest BCUT2D eigenvalue weighted by atomic mass is 9.51. The minimum absolute atomic E-state index is 0.0765. The number of hydrogen-bond acceptors (Lipinski definition) is 6. The van der Waals surface area contributed by atoms with Gasteiger partial charge in [-0.05, 0) is 50.8 Å². The Hall–Kier alpha value is -3.94. The minimum Gasteiger partial charge on any atom is -0.504 e. The molecule has 2 heterocycles. The Labute approximate surface area is 220 Å². The molecular weight excluding hydrogens is 484 g/mol. The molecule has 6 atom stereocenters. The number of amides is 4. The SMILES string of the molecule is CCOc1cccc([C@H]2C3=CC[C@@H]4C(=O)N(C)C(=O)[C@@H]4[C@@H]3C[C@H]3C(=O)N(c4ccccc4)C(=O)[C@@]23C)c1O. The second kappa shape index (κ2) is 8.55. The summed E-state index contributed by atoms with van der Waals surface area (Å²) < 4.78 is 5.66. The predicted molar refractivity (Wildman–Crippen MR) is 138 cm³/mol. The van der Waals surface area contributed by atoms with E-state index < -0.39 is 35.0 Å². The van der Waals surface area contributed by atoms with Crippen LogP contribution in [0.1, 0.15) is 38.2 Å². The smallest absolute Gasteiger partial charge is 0.241 e. The van der Waals surface area contributed by atoms with Crippen LogP contribution in [0.4, 0.5) is 5.69 Å². The number of ether oxygens (including phenoxy) is 1. The maximum absolute atomic E-state index is 14.3. The van der Waals surface area contributed by atoms with Crippen LogP contribution in [0.15, 0.2) is 60.2 Å². The summed E-state index contributed by atoms with van der Waals surface area (Å²) in [4.78, 5) is 56.9. The van der Waals surface area contributed by atoms with Crippen LogP contribution < -0.4 is 9.64 Å². The van der Waals surface area contributed by atoms with E-state index in [0.717, 1.165) is 5.57 Å². The van der Waals surface area contributed by atoms with E-state index >= 15 is 0 Å². The van der Waals surface area contributed by atoms with Gasteiger partial charge in [-0.1, -0.05) is 42.0 Å². The second-order valence-corrected chi connectivity index (χ2v) is 10.9. The molecule has 0 radical (unpaired) electrons. The Kier molecular flexibility index (Phi) is 5.49. The molecule has 2 aliphatic carbocycles. The first-order chi connectivity index (χ1) is 18.2. The zero-order chi connectivity index (χ0) is 26.9. The summed E-state index contributed by atoms with van der Waals surface area (Å²) >= 11 is 0. The maximum Gasteiger partial charge on any atom is 0.241 e. The summed E-state index contributed by atoms with van der Waals surface area (Å²) in [6, 6.07) is 14.0. The van der Waals surface area contributed by atoms with Gasteiger partial charge in [-0.25, -0.2) is 4.90 Å². The van der Waals surface area contributed by atoms with Crippen molar-refractivity contribution < 1.29 is 29.0 Å². The fourth-order valence-corrected chi connectivity index (χ4v) is 7.38. The molecule has 1 N–H and O–H groups in total. The zero-order valence-corrected chi connectivity index (χ0v) is 21.6. The zero-order valence-electron chi connectivity index (χ0n) is 21.6. The van der Waals surface area contributed by atoms with Crippen LogP contribution in [0.2, 0.25) is 0 Å². The molecular formula is C30H30N2O6. The highest BCUT2D eigenvalue weighted by molar-refractivity contribution is 6.24. The highest BCUT2D eigenvalue weighted by Crippen LogP contribution is 2.64. The van der Waals surface area contributed by atoms with Gasteiger partial charge in [0.15, 0.2) is 11.5 Å². The summed E-state index contributed by atoms with van der Waals surface area (Å²) in [6.45, 7) is 3.97. The van der Waals surface area contributed by atoms with Gasteiger partial charge in [0.1, 0.15) is 0 Å². The standard InChI is InChI=1S/C30H30N2O6/c1-4-38-22-12-8-11-19(25(22)33)24-17-13-14-18-23(28(36)31(3)26(18)34)20(17)15-21-27(35)32(29(37)30(21,24)2)16-9-6-5-7-10-16/h5-13,18,20-21,23-24,33H,4,14-15H2,1-3H3/t18-,20+,21-,23-,24+,30+/m0/s1. The van der Waals surface area contributed by atoms with Crippen molar-refractivity contribution in [2.45, 2.75) is 32.6 Å². The molecule has 1 saturated carbocycles. The Bertz CT molecular complexity index is 1400. The van der Waals surface area contributed by atoms with Crippen LogP contribution >= 0.6 is 0 Å². The van der Waals surface area contributed by atoms with Gasteiger partial charge in [-0.15, -0.1) is 0 Å². The Morgan fingerprint density at radius 2 is 1.71 bits per heavy atom. The van der Waals surface area contributed by atoms with E-state index in [1.54, 1.807) is 49.4 Å². The molecule has 4 aliphatic rings. The topological polar surface area (TPSA) is 104 Å². The predicted octanol–water partition coefficient (Wildman–Crippen LogP) is 3.65. The molecule has 4 amide bonds. The van der Waals surface area contributed by atoms with Crippen molar-refractivity contribution >= 4 is 29.3 Å². The third-order valence-electron chi connectivity index (χ3n) is 9.15. The fourth-order valence-electron chi connectivity index (χ4n) is 7.38. The van der Waals surface area contributed by atoms with Gasteiger partial charge in [0.05, 0.1) is 35.5 Å². The number of carbonyl (C=O) groups excluding carboxylic acids is 4. The van der Waals surface area contributed by atoms with Crippen molar-refractivity contribution in [1.82, 2.24) is 4.90 Å². The lowest BCUT2D eigenvalue weighted by Crippen LogP contribution is -2.48. The number of likely N-dealkylation sites (tertiary alicyclic amines) is 1. The molecule has 0 unspecified atom stereocenters. The average molecular weight is 515 g/mol. The van der Waals surface area contributed by atoms with E-state index in [2.05, 4.69) is 0 Å². The second-order valence-electron chi connectivity index (χ2n) is 10.9. The summed E-state index contributed by atoms with van der Waals surface area (Å²) in [5.74, 6) is -3.77. The van der Waals surface area contributed by atoms with E-state index in [4.69, 9.17) is 4.74 Å². The van der Waals surface area contributed by atoms with Gasteiger partial charge >= 0.3 is 0 Å². The molecule has 196 valence electrons. The van der Waals surface area contributed by atoms with E-state index in [9.17, 15) is 24.3 Å². The number of phenols is 1. The van der Waals surface area contributed by atoms with E-state index in [1.165, 1.54) is 16.8 Å². The van der Waals surface area contributed by atoms with Crippen LogP contribution in [-0.4, -0.2) is 47.3 Å². The number of fused-ring (bicyclic) bond motifs is 4. The maximum atomic E-state index is 14.3. The Morgan fingerprint density at radius 1 is 0.974 bits per heavy atom. The molecule has 0 spiro atoms. The van der Waals surface area contributed by atoms with Gasteiger partial charge < -0.3 is 9.84 Å². The average Bonchev–Trinajstić information content (AvgIpc) is 3.26. The molecule has 0 bridgehead atoms. The first-order valence-electron chi connectivity index (χ1n) is 13.1. The van der Waals surface area contributed by atoms with E-state index in [1.807, 2.05) is 19.1 Å². The van der Waals surface area contributed by atoms with Crippen LogP contribution in [0.3, 0.4) is 0 Å². The lowest BCUT2D eigenvalue weighted by molar-refractivity contribution is -0.138. The highest BCUT2D eigenvalue weighted by atomic mass is 16.5. The molecule has 6 rings (SSSR count). The number of hydrogen-bond donors (Lipinski definition) is 1. The molecule has 2 aromatic rings. The number of para-hydroxylation sites is 2. The molecule has 0 aromatic heterocycles. The van der Waals surface area contributed by atoms with Crippen molar-refractivity contribution in [3.05, 3.63) is 65.7 Å². The summed E-state index contributed by atoms with van der Waals surface area (Å²) in [7, 11) is 1.51. The number of benzene rings is 2. The number of phenolic OH excluding ortho intramolecular Hbond substituents is 1. The van der Waals surface area contributed by atoms with Gasteiger partial charge in [0, 0.05) is 18.5 Å². The van der Waals surface area contributed by atoms with Gasteiger partial charge in [0.2, 0.25) is 23.6 Å². The van der Waals surface area contributed by atoms with Crippen LogP contribution in [0.5, 0.6) is 11.5 Å². The first-order valence-corrected chi connectivity index (χ1v) is 13.1. The number of imide groups is 2. The highest BCUT2D eigenvalue weighted by Gasteiger charge is 2.67.